The van der Waals surface area contributed by atoms with Crippen molar-refractivity contribution in [3.05, 3.63) is 59.1 Å². The molecule has 0 spiro atoms. The Kier molecular flexibility index (Phi) is 3.52. The lowest BCUT2D eigenvalue weighted by molar-refractivity contribution is 0.306. The summed E-state index contributed by atoms with van der Waals surface area (Å²) in [6.45, 7) is 0.546. The first kappa shape index (κ1) is 11.1. The normalized spacial score (nSPS) is 10.1. The van der Waals surface area contributed by atoms with Gasteiger partial charge in [-0.05, 0) is 29.8 Å². The summed E-state index contributed by atoms with van der Waals surface area (Å²) in [5, 5.41) is 0.741. The van der Waals surface area contributed by atoms with Crippen LogP contribution in [0.2, 0.25) is 5.02 Å². The van der Waals surface area contributed by atoms with Crippen molar-refractivity contribution in [2.75, 3.05) is 0 Å². The topological polar surface area (TPSA) is 9.23 Å². The maximum atomic E-state index is 5.90. The van der Waals surface area contributed by atoms with E-state index < -0.39 is 0 Å². The molecule has 0 saturated carbocycles. The Labute approximate surface area is 101 Å². The monoisotopic (exact) mass is 230 g/mol. The zero-order valence-corrected chi connectivity index (χ0v) is 9.87. The van der Waals surface area contributed by atoms with Crippen molar-refractivity contribution in [2.24, 2.45) is 0 Å². The van der Waals surface area contributed by atoms with Crippen LogP contribution in [0.4, 0.5) is 0 Å². The molecule has 0 N–H and O–H groups in total. The van der Waals surface area contributed by atoms with Crippen molar-refractivity contribution in [1.29, 1.82) is 0 Å². The first-order chi connectivity index (χ1) is 7.74. The fraction of sp³-hybridized carbons (Fsp3) is 0.0769. The molecule has 0 aromatic heterocycles. The van der Waals surface area contributed by atoms with Gasteiger partial charge in [-0.25, -0.2) is 0 Å². The molecule has 0 unspecified atom stereocenters. The van der Waals surface area contributed by atoms with Gasteiger partial charge in [0.1, 0.15) is 20.2 Å². The van der Waals surface area contributed by atoms with Gasteiger partial charge in [0.15, 0.2) is 0 Å². The van der Waals surface area contributed by atoms with Gasteiger partial charge in [0.25, 0.3) is 0 Å². The number of ether oxygens (including phenoxy) is 1. The van der Waals surface area contributed by atoms with Crippen LogP contribution >= 0.6 is 11.6 Å². The van der Waals surface area contributed by atoms with Crippen LogP contribution in [0.15, 0.2) is 48.5 Å². The van der Waals surface area contributed by atoms with Crippen LogP contribution in [0, 0.1) is 0 Å². The maximum Gasteiger partial charge on any atom is 0.139 e. The molecule has 0 radical (unpaired) electrons. The molecule has 3 heteroatoms. The average molecular weight is 231 g/mol. The molecule has 1 nitrogen and oxygen atoms in total. The molecule has 2 aromatic carbocycles. The summed E-state index contributed by atoms with van der Waals surface area (Å²) in [7, 11) is 2.05. The maximum absolute atomic E-state index is 5.90. The molecule has 2 rings (SSSR count). The molecular formula is C13H12BClO. The number of rotatable bonds is 3. The third-order valence-electron chi connectivity index (χ3n) is 2.28. The fourth-order valence-corrected chi connectivity index (χ4v) is 1.71. The second-order valence-corrected chi connectivity index (χ2v) is 4.17. The molecule has 0 heterocycles. The van der Waals surface area contributed by atoms with Gasteiger partial charge in [-0.2, -0.15) is 0 Å². The predicted molar refractivity (Wildman–Crippen MR) is 70.4 cm³/mol. The Balaban J connectivity index is 2.02. The van der Waals surface area contributed by atoms with Gasteiger partial charge in [0.05, 0.1) is 0 Å². The summed E-state index contributed by atoms with van der Waals surface area (Å²) < 4.78 is 5.67. The second kappa shape index (κ2) is 5.08. The Bertz CT molecular complexity index is 439. The molecule has 16 heavy (non-hydrogen) atoms. The standard InChI is InChI=1S/C13H12BClO/c14-11-4-2-6-13(8-11)16-9-10-3-1-5-12(15)7-10/h1-8H,9,14H2. The molecular weight excluding hydrogens is 218 g/mol. The summed E-state index contributed by atoms with van der Waals surface area (Å²) >= 11 is 5.90. The van der Waals surface area contributed by atoms with Gasteiger partial charge in [-0.15, -0.1) is 0 Å². The lowest BCUT2D eigenvalue weighted by Gasteiger charge is -2.07. The van der Waals surface area contributed by atoms with Crippen LogP contribution in [-0.2, 0) is 6.61 Å². The van der Waals surface area contributed by atoms with E-state index in [1.54, 1.807) is 0 Å². The van der Waals surface area contributed by atoms with E-state index in [1.807, 2.05) is 56.4 Å². The van der Waals surface area contributed by atoms with Crippen molar-refractivity contribution in [1.82, 2.24) is 0 Å². The van der Waals surface area contributed by atoms with Crippen molar-refractivity contribution in [3.63, 3.8) is 0 Å². The van der Waals surface area contributed by atoms with Crippen molar-refractivity contribution < 1.29 is 4.74 Å². The van der Waals surface area contributed by atoms with Gasteiger partial charge in [0, 0.05) is 5.02 Å². The van der Waals surface area contributed by atoms with E-state index in [2.05, 4.69) is 0 Å². The van der Waals surface area contributed by atoms with Gasteiger partial charge >= 0.3 is 0 Å². The summed E-state index contributed by atoms with van der Waals surface area (Å²) in [4.78, 5) is 0. The van der Waals surface area contributed by atoms with Crippen molar-refractivity contribution in [2.45, 2.75) is 6.61 Å². The minimum atomic E-state index is 0.546. The fourth-order valence-electron chi connectivity index (χ4n) is 1.50. The average Bonchev–Trinajstić information content (AvgIpc) is 2.27. The Morgan fingerprint density at radius 1 is 1.06 bits per heavy atom. The molecule has 80 valence electrons. The van der Waals surface area contributed by atoms with Crippen LogP contribution in [0.25, 0.3) is 0 Å². The van der Waals surface area contributed by atoms with E-state index in [4.69, 9.17) is 16.3 Å². The number of hydrogen-bond donors (Lipinski definition) is 0. The Morgan fingerprint density at radius 2 is 1.88 bits per heavy atom. The molecule has 0 saturated heterocycles. The Morgan fingerprint density at radius 3 is 2.62 bits per heavy atom. The van der Waals surface area contributed by atoms with Gasteiger partial charge in [-0.1, -0.05) is 41.3 Å². The third-order valence-corrected chi connectivity index (χ3v) is 2.52. The summed E-state index contributed by atoms with van der Waals surface area (Å²) in [6, 6.07) is 15.7. The summed E-state index contributed by atoms with van der Waals surface area (Å²) in [5.41, 5.74) is 2.28. The van der Waals surface area contributed by atoms with Crippen LogP contribution < -0.4 is 10.2 Å². The molecule has 0 aliphatic rings. The molecule has 0 bridgehead atoms. The van der Waals surface area contributed by atoms with Crippen LogP contribution in [0.3, 0.4) is 0 Å². The smallest absolute Gasteiger partial charge is 0.139 e. The van der Waals surface area contributed by atoms with Crippen LogP contribution in [0.1, 0.15) is 5.56 Å². The molecule has 0 atom stereocenters. The van der Waals surface area contributed by atoms with Gasteiger partial charge in [-0.3, -0.25) is 0 Å². The second-order valence-electron chi connectivity index (χ2n) is 3.74. The largest absolute Gasteiger partial charge is 0.489 e. The molecule has 0 fully saturated rings. The molecule has 0 aliphatic heterocycles. The van der Waals surface area contributed by atoms with E-state index in [0.717, 1.165) is 16.3 Å². The minimum absolute atomic E-state index is 0.546. The zero-order chi connectivity index (χ0) is 11.4. The van der Waals surface area contributed by atoms with Crippen molar-refractivity contribution in [3.8, 4) is 5.75 Å². The number of benzene rings is 2. The van der Waals surface area contributed by atoms with E-state index in [-0.39, 0.29) is 0 Å². The third kappa shape index (κ3) is 3.04. The van der Waals surface area contributed by atoms with E-state index >= 15 is 0 Å². The van der Waals surface area contributed by atoms with Crippen LogP contribution in [0.5, 0.6) is 5.75 Å². The van der Waals surface area contributed by atoms with Crippen molar-refractivity contribution >= 4 is 24.9 Å². The summed E-state index contributed by atoms with van der Waals surface area (Å²) in [6.07, 6.45) is 0. The highest BCUT2D eigenvalue weighted by molar-refractivity contribution is 6.32. The highest BCUT2D eigenvalue weighted by Crippen LogP contribution is 2.14. The Hall–Kier alpha value is -1.41. The predicted octanol–water partition coefficient (Wildman–Crippen LogP) is 2.18. The molecule has 0 amide bonds. The highest BCUT2D eigenvalue weighted by Gasteiger charge is 1.97. The minimum Gasteiger partial charge on any atom is -0.489 e. The SMILES string of the molecule is Bc1cccc(OCc2cccc(Cl)c2)c1. The first-order valence-electron chi connectivity index (χ1n) is 5.18. The lowest BCUT2D eigenvalue weighted by Crippen LogP contribution is -2.02. The molecule has 2 aromatic rings. The zero-order valence-electron chi connectivity index (χ0n) is 9.11. The highest BCUT2D eigenvalue weighted by atomic mass is 35.5. The van der Waals surface area contributed by atoms with E-state index in [9.17, 15) is 0 Å². The van der Waals surface area contributed by atoms with E-state index in [1.165, 1.54) is 5.46 Å². The number of halogens is 1. The molecule has 0 aliphatic carbocycles. The van der Waals surface area contributed by atoms with Gasteiger partial charge < -0.3 is 4.74 Å². The number of hydrogen-bond acceptors (Lipinski definition) is 1. The quantitative estimate of drug-likeness (QED) is 0.735. The van der Waals surface area contributed by atoms with Gasteiger partial charge in [0.2, 0.25) is 0 Å². The first-order valence-corrected chi connectivity index (χ1v) is 5.56. The van der Waals surface area contributed by atoms with E-state index in [0.29, 0.717) is 6.61 Å². The summed E-state index contributed by atoms with van der Waals surface area (Å²) in [5.74, 6) is 0.889. The lowest BCUT2D eigenvalue weighted by atomic mass is 9.96. The van der Waals surface area contributed by atoms with Crippen LogP contribution in [-0.4, -0.2) is 7.85 Å².